The Morgan fingerprint density at radius 3 is 1.90 bits per heavy atom. The van der Waals surface area contributed by atoms with Gasteiger partial charge in [0.25, 0.3) is 0 Å². The number of likely N-dealkylation sites (N-methyl/N-ethyl adjacent to an activating group) is 1. The van der Waals surface area contributed by atoms with Gasteiger partial charge in [0, 0.05) is 7.05 Å². The second-order valence-corrected chi connectivity index (χ2v) is 11.0. The molecule has 0 spiro atoms. The second-order valence-electron chi connectivity index (χ2n) is 11.0. The number of carbonyl (C=O) groups is 3. The summed E-state index contributed by atoms with van der Waals surface area (Å²) >= 11 is 0. The Bertz CT molecular complexity index is 1100. The summed E-state index contributed by atoms with van der Waals surface area (Å²) in [7, 11) is 1.51. The van der Waals surface area contributed by atoms with E-state index in [4.69, 9.17) is 14.2 Å². The normalized spacial score (nSPS) is 11.9. The third kappa shape index (κ3) is 12.5. The molecule has 2 aromatic rings. The molecular formula is C30H41N3O6. The summed E-state index contributed by atoms with van der Waals surface area (Å²) in [6.45, 7) is 10.6. The maximum absolute atomic E-state index is 12.7. The first kappa shape index (κ1) is 31.3. The fourth-order valence-electron chi connectivity index (χ4n) is 3.96. The molecule has 0 atom stereocenters. The van der Waals surface area contributed by atoms with Crippen LogP contribution in [0.1, 0.15) is 58.6 Å². The van der Waals surface area contributed by atoms with Gasteiger partial charge in [0.2, 0.25) is 5.96 Å². The third-order valence-electron chi connectivity index (χ3n) is 6.09. The van der Waals surface area contributed by atoms with E-state index >= 15 is 0 Å². The minimum Gasteiger partial charge on any atom is -0.464 e. The number of carbonyl (C=O) groups excluding carboxylic acids is 3. The van der Waals surface area contributed by atoms with Crippen molar-refractivity contribution in [2.75, 3.05) is 20.2 Å². The molecule has 0 fully saturated rings. The van der Waals surface area contributed by atoms with Crippen LogP contribution in [-0.2, 0) is 32.2 Å². The zero-order valence-corrected chi connectivity index (χ0v) is 23.9. The molecule has 0 saturated carbocycles. The smallest absolute Gasteiger partial charge is 0.437 e. The zero-order chi connectivity index (χ0) is 28.9. The monoisotopic (exact) mass is 539 g/mol. The number of rotatable bonds is 11. The highest BCUT2D eigenvalue weighted by atomic mass is 16.6. The quantitative estimate of drug-likeness (QED) is 0.163. The molecule has 1 N–H and O–H groups in total. The Morgan fingerprint density at radius 1 is 0.821 bits per heavy atom. The molecule has 2 aromatic carbocycles. The number of benzene rings is 2. The lowest BCUT2D eigenvalue weighted by atomic mass is 9.74. The van der Waals surface area contributed by atoms with E-state index in [-0.39, 0.29) is 43.2 Å². The molecule has 0 aliphatic heterocycles. The molecule has 9 heteroatoms. The van der Waals surface area contributed by atoms with Gasteiger partial charge in [0.15, 0.2) is 0 Å². The van der Waals surface area contributed by atoms with Gasteiger partial charge in [0.1, 0.15) is 19.8 Å². The van der Waals surface area contributed by atoms with Gasteiger partial charge in [-0.15, -0.1) is 4.99 Å². The molecule has 2 rings (SSSR count). The fourth-order valence-corrected chi connectivity index (χ4v) is 3.96. The van der Waals surface area contributed by atoms with Gasteiger partial charge >= 0.3 is 18.2 Å². The van der Waals surface area contributed by atoms with Crippen molar-refractivity contribution in [3.63, 3.8) is 0 Å². The van der Waals surface area contributed by atoms with Crippen LogP contribution in [0.2, 0.25) is 0 Å². The molecule has 0 aromatic heterocycles. The molecule has 0 aliphatic rings. The van der Waals surface area contributed by atoms with Gasteiger partial charge in [-0.3, -0.25) is 10.1 Å². The van der Waals surface area contributed by atoms with E-state index in [1.807, 2.05) is 60.7 Å². The van der Waals surface area contributed by atoms with Gasteiger partial charge < -0.3 is 19.1 Å². The highest BCUT2D eigenvalue weighted by Gasteiger charge is 2.29. The molecule has 0 aliphatic carbocycles. The number of ether oxygens (including phenoxy) is 3. The molecule has 0 radical (unpaired) electrons. The predicted molar refractivity (Wildman–Crippen MR) is 150 cm³/mol. The van der Waals surface area contributed by atoms with Crippen LogP contribution in [0.5, 0.6) is 0 Å². The van der Waals surface area contributed by atoms with E-state index in [2.05, 4.69) is 44.9 Å². The Morgan fingerprint density at radius 2 is 1.36 bits per heavy atom. The molecule has 39 heavy (non-hydrogen) atoms. The van der Waals surface area contributed by atoms with Crippen LogP contribution in [0.15, 0.2) is 65.7 Å². The van der Waals surface area contributed by atoms with E-state index in [0.29, 0.717) is 0 Å². The first-order valence-corrected chi connectivity index (χ1v) is 13.0. The molecule has 212 valence electrons. The van der Waals surface area contributed by atoms with Crippen molar-refractivity contribution in [1.29, 1.82) is 0 Å². The van der Waals surface area contributed by atoms with Crippen LogP contribution in [-0.4, -0.2) is 49.2 Å². The van der Waals surface area contributed by atoms with E-state index in [9.17, 15) is 14.4 Å². The van der Waals surface area contributed by atoms with Crippen molar-refractivity contribution in [2.24, 2.45) is 15.8 Å². The van der Waals surface area contributed by atoms with Gasteiger partial charge in [0.05, 0.1) is 6.61 Å². The Labute approximate surface area is 231 Å². The first-order valence-electron chi connectivity index (χ1n) is 13.0. The number of aliphatic imine (C=N–C) groups is 1. The van der Waals surface area contributed by atoms with Crippen molar-refractivity contribution >= 4 is 24.1 Å². The Hall–Kier alpha value is -3.88. The summed E-state index contributed by atoms with van der Waals surface area (Å²) in [5.41, 5.74) is 1.48. The largest absolute Gasteiger partial charge is 0.464 e. The average Bonchev–Trinajstić information content (AvgIpc) is 2.90. The highest BCUT2D eigenvalue weighted by Crippen LogP contribution is 2.36. The number of esters is 1. The summed E-state index contributed by atoms with van der Waals surface area (Å²) in [6.07, 6.45) is 0.130. The minimum atomic E-state index is -0.930. The number of nitrogens with zero attached hydrogens (tertiary/aromatic N) is 2. The second kappa shape index (κ2) is 14.9. The van der Waals surface area contributed by atoms with Crippen LogP contribution >= 0.6 is 0 Å². The van der Waals surface area contributed by atoms with Gasteiger partial charge in [-0.05, 0) is 28.4 Å². The predicted octanol–water partition coefficient (Wildman–Crippen LogP) is 5.93. The fraction of sp³-hybridized carbons (Fsp3) is 0.467. The SMILES string of the molecule is CCC(C)(C)CC(C)(C)COC(=O)CN(C)/C(=N\C(=O)OCc1ccccc1)NC(=O)OCc1ccccc1. The summed E-state index contributed by atoms with van der Waals surface area (Å²) in [5.74, 6) is -0.723. The van der Waals surface area contributed by atoms with Crippen LogP contribution < -0.4 is 5.32 Å². The maximum atomic E-state index is 12.7. The molecule has 0 saturated heterocycles. The summed E-state index contributed by atoms with van der Waals surface area (Å²) in [4.78, 5) is 42.8. The molecular weight excluding hydrogens is 498 g/mol. The number of amides is 2. The maximum Gasteiger partial charge on any atom is 0.437 e. The minimum absolute atomic E-state index is 0.00382. The van der Waals surface area contributed by atoms with E-state index in [1.165, 1.54) is 11.9 Å². The highest BCUT2D eigenvalue weighted by molar-refractivity contribution is 5.99. The number of nitrogens with one attached hydrogen (secondary N) is 1. The Kier molecular flexibility index (Phi) is 12.0. The van der Waals surface area contributed by atoms with Gasteiger partial charge in [-0.2, -0.15) is 0 Å². The van der Waals surface area contributed by atoms with Gasteiger partial charge in [-0.25, -0.2) is 9.59 Å². The van der Waals surface area contributed by atoms with Crippen molar-refractivity contribution < 1.29 is 28.6 Å². The van der Waals surface area contributed by atoms with Crippen LogP contribution in [0.25, 0.3) is 0 Å². The Balaban J connectivity index is 2.03. The molecule has 0 heterocycles. The van der Waals surface area contributed by atoms with Crippen LogP contribution in [0.3, 0.4) is 0 Å². The van der Waals surface area contributed by atoms with Crippen molar-refractivity contribution in [3.05, 3.63) is 71.8 Å². The van der Waals surface area contributed by atoms with Crippen molar-refractivity contribution in [1.82, 2.24) is 10.2 Å². The summed E-state index contributed by atoms with van der Waals surface area (Å²) in [5, 5.41) is 2.44. The lowest BCUT2D eigenvalue weighted by Crippen LogP contribution is -2.45. The molecule has 0 unspecified atom stereocenters. The number of hydrogen-bond acceptors (Lipinski definition) is 6. The van der Waals surface area contributed by atoms with Gasteiger partial charge in [-0.1, -0.05) is 102 Å². The van der Waals surface area contributed by atoms with Crippen LogP contribution in [0.4, 0.5) is 9.59 Å². The number of guanidine groups is 1. The van der Waals surface area contributed by atoms with Crippen molar-refractivity contribution in [3.8, 4) is 0 Å². The molecule has 0 bridgehead atoms. The molecule has 9 nitrogen and oxygen atoms in total. The lowest BCUT2D eigenvalue weighted by molar-refractivity contribution is -0.147. The van der Waals surface area contributed by atoms with Crippen molar-refractivity contribution in [2.45, 2.75) is 60.7 Å². The third-order valence-corrected chi connectivity index (χ3v) is 6.09. The number of alkyl carbamates (subject to hydrolysis) is 1. The average molecular weight is 540 g/mol. The lowest BCUT2D eigenvalue weighted by Gasteiger charge is -2.34. The summed E-state index contributed by atoms with van der Waals surface area (Å²) < 4.78 is 16.0. The first-order chi connectivity index (χ1) is 18.4. The standard InChI is InChI=1S/C30H41N3O6/c1-7-29(2,3)21-30(4,5)22-39-25(34)18-33(6)26(31-27(35)37-19-23-14-10-8-11-15-23)32-28(36)38-20-24-16-12-9-13-17-24/h8-17H,7,18-22H2,1-6H3,(H,31,32,35,36). The van der Waals surface area contributed by atoms with Crippen LogP contribution in [0, 0.1) is 10.8 Å². The molecule has 2 amide bonds. The summed E-state index contributed by atoms with van der Waals surface area (Å²) in [6, 6.07) is 18.3. The van der Waals surface area contributed by atoms with E-state index < -0.39 is 18.2 Å². The van der Waals surface area contributed by atoms with E-state index in [1.54, 1.807) is 0 Å². The topological polar surface area (TPSA) is 107 Å². The number of hydrogen-bond donors (Lipinski definition) is 1. The zero-order valence-electron chi connectivity index (χ0n) is 23.9. The van der Waals surface area contributed by atoms with E-state index in [0.717, 1.165) is 24.0 Å².